The topological polar surface area (TPSA) is 85.8 Å². The first-order valence-electron chi connectivity index (χ1n) is 11.8. The van der Waals surface area contributed by atoms with Gasteiger partial charge in [-0.3, -0.25) is 14.7 Å². The van der Waals surface area contributed by atoms with Crippen LogP contribution in [-0.2, 0) is 38.5 Å². The van der Waals surface area contributed by atoms with Gasteiger partial charge in [-0.15, -0.1) is 13.1 Å². The number of ether oxygens (including phenoxy) is 1. The molecule has 0 spiro atoms. The molecule has 0 saturated carbocycles. The summed E-state index contributed by atoms with van der Waals surface area (Å²) in [4.78, 5) is 20.0. The second-order valence-electron chi connectivity index (χ2n) is 8.65. The monoisotopic (exact) mass is 588 g/mol. The second-order valence-corrected chi connectivity index (χ2v) is 9.09. The Morgan fingerprint density at radius 2 is 2.06 bits per heavy atom. The minimum absolute atomic E-state index is 0. The van der Waals surface area contributed by atoms with Gasteiger partial charge in [0.25, 0.3) is 0 Å². The third-order valence-corrected chi connectivity index (χ3v) is 6.66. The standard InChI is InChI=1S/C17H21ClN2O.C10H13N3O.Nb/c1-2-17(21)19-8-6-16(7-9-19)20-11-14(12-20)13-4-3-5-15(18)10-13;1-12-5-3-8-4-6-13-10(11)9(8)7-14-2;/h2-5,10,14,16H,1,6-9,11-12H2;4-6H,7H2,1-2H3,(H2,11,13);/q;-2;+2. The second kappa shape index (κ2) is 15.2. The van der Waals surface area contributed by atoms with Crippen LogP contribution in [0.3, 0.4) is 0 Å². The molecule has 2 N–H and O–H groups in total. The van der Waals surface area contributed by atoms with E-state index in [4.69, 9.17) is 22.1 Å². The Morgan fingerprint density at radius 1 is 1.33 bits per heavy atom. The molecule has 2 aromatic rings. The van der Waals surface area contributed by atoms with Gasteiger partial charge >= 0.3 is 22.4 Å². The van der Waals surface area contributed by atoms with Gasteiger partial charge in [-0.2, -0.15) is 11.6 Å². The maximum absolute atomic E-state index is 11.6. The average molecular weight is 589 g/mol. The fourth-order valence-electron chi connectivity index (χ4n) is 4.44. The van der Waals surface area contributed by atoms with Crippen molar-refractivity contribution in [1.82, 2.24) is 14.8 Å². The minimum Gasteiger partial charge on any atom is -0.704 e. The summed E-state index contributed by atoms with van der Waals surface area (Å²) in [6.45, 7) is 7.92. The van der Waals surface area contributed by atoms with Crippen LogP contribution < -0.4 is 5.73 Å². The largest absolute Gasteiger partial charge is 2.00 e. The van der Waals surface area contributed by atoms with Gasteiger partial charge in [-0.05, 0) is 42.8 Å². The van der Waals surface area contributed by atoms with Gasteiger partial charge in [0, 0.05) is 56.9 Å². The molecule has 2 aliphatic heterocycles. The number of nitrogens with two attached hydrogens (primary N) is 1. The summed E-state index contributed by atoms with van der Waals surface area (Å²) in [5, 5.41) is 4.65. The molecule has 1 aromatic heterocycles. The number of hydrogen-bond donors (Lipinski definition) is 1. The summed E-state index contributed by atoms with van der Waals surface area (Å²) in [5.41, 5.74) is 8.76. The molecule has 1 radical (unpaired) electrons. The number of halogens is 1. The number of likely N-dealkylation sites (tertiary alicyclic amines) is 2. The van der Waals surface area contributed by atoms with Crippen molar-refractivity contribution in [3.05, 3.63) is 88.5 Å². The summed E-state index contributed by atoms with van der Waals surface area (Å²) in [7, 11) is 3.30. The molecule has 4 rings (SSSR count). The van der Waals surface area contributed by atoms with Crippen molar-refractivity contribution in [1.29, 1.82) is 0 Å². The number of nitrogen functional groups attached to an aromatic ring is 1. The maximum atomic E-state index is 11.6. The first-order valence-corrected chi connectivity index (χ1v) is 12.1. The fraction of sp³-hybridized carbons (Fsp3) is 0.407. The van der Waals surface area contributed by atoms with Crippen molar-refractivity contribution in [2.75, 3.05) is 46.1 Å². The zero-order valence-electron chi connectivity index (χ0n) is 20.9. The van der Waals surface area contributed by atoms with Crippen LogP contribution in [0.25, 0.3) is 5.32 Å². The van der Waals surface area contributed by atoms with Crippen molar-refractivity contribution in [3.63, 3.8) is 0 Å². The molecule has 191 valence electrons. The predicted octanol–water partition coefficient (Wildman–Crippen LogP) is 4.39. The molecule has 36 heavy (non-hydrogen) atoms. The SMILES string of the molecule is C=CC(=O)N1CCC(N2CC(c3cccc(Cl)c3)C2)CC1.C[N-]C=[C-]c1ccnc(N)c1COC.[Nb+2]. The molecule has 0 bridgehead atoms. The molecule has 0 atom stereocenters. The van der Waals surface area contributed by atoms with E-state index in [1.54, 1.807) is 26.6 Å². The number of amides is 1. The van der Waals surface area contributed by atoms with E-state index in [1.807, 2.05) is 23.1 Å². The van der Waals surface area contributed by atoms with Crippen LogP contribution in [0.1, 0.15) is 35.4 Å². The zero-order valence-corrected chi connectivity index (χ0v) is 23.9. The number of methoxy groups -OCH3 is 1. The van der Waals surface area contributed by atoms with E-state index in [1.165, 1.54) is 11.6 Å². The van der Waals surface area contributed by atoms with Crippen molar-refractivity contribution in [3.8, 4) is 0 Å². The van der Waals surface area contributed by atoms with Crippen LogP contribution in [0, 0.1) is 6.08 Å². The van der Waals surface area contributed by atoms with Crippen LogP contribution in [0.15, 0.2) is 55.4 Å². The Kier molecular flexibility index (Phi) is 12.7. The molecule has 3 heterocycles. The van der Waals surface area contributed by atoms with E-state index in [9.17, 15) is 4.79 Å². The molecule has 0 aliphatic carbocycles. The third kappa shape index (κ3) is 8.20. The van der Waals surface area contributed by atoms with Crippen molar-refractivity contribution >= 4 is 23.3 Å². The summed E-state index contributed by atoms with van der Waals surface area (Å²) in [6, 6.07) is 10.6. The van der Waals surface area contributed by atoms with Crippen LogP contribution in [0.5, 0.6) is 0 Å². The molecule has 1 aromatic carbocycles. The van der Waals surface area contributed by atoms with Gasteiger partial charge in [0.2, 0.25) is 5.91 Å². The van der Waals surface area contributed by atoms with Gasteiger partial charge in [0.05, 0.1) is 5.82 Å². The third-order valence-electron chi connectivity index (χ3n) is 6.42. The van der Waals surface area contributed by atoms with Crippen LogP contribution in [-0.4, -0.2) is 67.1 Å². The Balaban J connectivity index is 0.000000268. The summed E-state index contributed by atoms with van der Waals surface area (Å²) < 4.78 is 5.02. The van der Waals surface area contributed by atoms with Gasteiger partial charge in [0.15, 0.2) is 0 Å². The Labute approximate surface area is 235 Å². The van der Waals surface area contributed by atoms with Crippen LogP contribution in [0.4, 0.5) is 5.82 Å². The predicted molar refractivity (Wildman–Crippen MR) is 141 cm³/mol. The van der Waals surface area contributed by atoms with E-state index < -0.39 is 0 Å². The first kappa shape index (κ1) is 30.1. The normalized spacial score (nSPS) is 16.5. The summed E-state index contributed by atoms with van der Waals surface area (Å²) >= 11 is 6.06. The maximum Gasteiger partial charge on any atom is 2.00 e. The Bertz CT molecular complexity index is 1020. The number of hydrogen-bond acceptors (Lipinski definition) is 5. The summed E-state index contributed by atoms with van der Waals surface area (Å²) in [6.07, 6.45) is 9.79. The average Bonchev–Trinajstić information content (AvgIpc) is 2.84. The molecule has 1 amide bonds. The number of nitrogens with zero attached hydrogens (tertiary/aromatic N) is 4. The van der Waals surface area contributed by atoms with Gasteiger partial charge in [0.1, 0.15) is 0 Å². The molecule has 9 heteroatoms. The minimum atomic E-state index is 0. The molecule has 2 aliphatic rings. The van der Waals surface area contributed by atoms with Gasteiger partial charge in [-0.1, -0.05) is 35.9 Å². The summed E-state index contributed by atoms with van der Waals surface area (Å²) in [5.74, 6) is 1.15. The smallest absolute Gasteiger partial charge is 0.704 e. The first-order chi connectivity index (χ1) is 17.0. The van der Waals surface area contributed by atoms with Crippen molar-refractivity contribution in [2.45, 2.75) is 31.4 Å². The van der Waals surface area contributed by atoms with Crippen molar-refractivity contribution in [2.24, 2.45) is 0 Å². The Hall–Kier alpha value is -2.13. The molecular formula is C27H34ClN5NbO2. The number of carbonyl (C=O) groups excluding carboxylic acids is 1. The van der Waals surface area contributed by atoms with Gasteiger partial charge in [-0.25, -0.2) is 6.20 Å². The van der Waals surface area contributed by atoms with Gasteiger partial charge < -0.3 is 20.7 Å². The molecule has 2 fully saturated rings. The number of pyridine rings is 1. The van der Waals surface area contributed by atoms with E-state index in [0.717, 1.165) is 55.2 Å². The number of anilines is 1. The zero-order chi connectivity index (χ0) is 25.2. The number of benzene rings is 1. The number of carbonyl (C=O) groups is 1. The molecule has 2 saturated heterocycles. The van der Waals surface area contributed by atoms with E-state index in [2.05, 4.69) is 40.0 Å². The number of piperidine rings is 1. The fourth-order valence-corrected chi connectivity index (χ4v) is 4.64. The van der Waals surface area contributed by atoms with Crippen LogP contribution >= 0.6 is 11.6 Å². The van der Waals surface area contributed by atoms with Crippen LogP contribution in [0.2, 0.25) is 5.02 Å². The molecular weight excluding hydrogens is 555 g/mol. The van der Waals surface area contributed by atoms with E-state index >= 15 is 0 Å². The number of aromatic nitrogens is 1. The molecule has 0 unspecified atom stereocenters. The van der Waals surface area contributed by atoms with E-state index in [-0.39, 0.29) is 28.3 Å². The van der Waals surface area contributed by atoms with Crippen molar-refractivity contribution < 1.29 is 31.9 Å². The number of rotatable bonds is 7. The quantitative estimate of drug-likeness (QED) is 0.295. The Morgan fingerprint density at radius 3 is 2.67 bits per heavy atom. The molecule has 7 nitrogen and oxygen atoms in total. The van der Waals surface area contributed by atoms with E-state index in [0.29, 0.717) is 24.4 Å².